The molecule has 0 aliphatic heterocycles. The molecule has 6 heteroatoms. The van der Waals surface area contributed by atoms with Crippen LogP contribution in [0.2, 0.25) is 0 Å². The van der Waals surface area contributed by atoms with Gasteiger partial charge >= 0.3 is 0 Å². The van der Waals surface area contributed by atoms with E-state index in [1.807, 2.05) is 24.3 Å². The van der Waals surface area contributed by atoms with Gasteiger partial charge < -0.3 is 9.13 Å². The van der Waals surface area contributed by atoms with Crippen molar-refractivity contribution in [1.82, 2.24) is 24.1 Å². The van der Waals surface area contributed by atoms with Gasteiger partial charge in [0.1, 0.15) is 0 Å². The predicted molar refractivity (Wildman–Crippen MR) is 335 cm³/mol. The summed E-state index contributed by atoms with van der Waals surface area (Å²) in [7, 11) is 0. The number of rotatable bonds is 7. The molecular formula is C74H68N6. The molecular weight excluding hydrogens is 973 g/mol. The number of nitriles is 1. The lowest BCUT2D eigenvalue weighted by molar-refractivity contribution is 0.568. The highest BCUT2D eigenvalue weighted by atomic mass is 15.1. The number of benzene rings is 9. The van der Waals surface area contributed by atoms with E-state index in [0.29, 0.717) is 23.0 Å². The zero-order chi connectivity index (χ0) is 56.0. The van der Waals surface area contributed by atoms with Crippen LogP contribution in [0, 0.1) is 11.3 Å². The number of fused-ring (bicyclic) bond motifs is 6. The molecule has 0 amide bonds. The van der Waals surface area contributed by atoms with E-state index in [4.69, 9.17) is 15.0 Å². The van der Waals surface area contributed by atoms with Crippen molar-refractivity contribution in [2.75, 3.05) is 0 Å². The van der Waals surface area contributed by atoms with E-state index in [0.717, 1.165) is 72.4 Å². The monoisotopic (exact) mass is 1040 g/mol. The van der Waals surface area contributed by atoms with Crippen LogP contribution in [0.1, 0.15) is 111 Å². The zero-order valence-corrected chi connectivity index (χ0v) is 48.2. The molecule has 0 N–H and O–H groups in total. The second kappa shape index (κ2) is 19.2. The molecule has 0 saturated carbocycles. The minimum atomic E-state index is -0.143. The van der Waals surface area contributed by atoms with Crippen molar-refractivity contribution < 1.29 is 0 Å². The summed E-state index contributed by atoms with van der Waals surface area (Å²) in [6.07, 6.45) is 0. The molecule has 0 bridgehead atoms. The molecule has 6 nitrogen and oxygen atoms in total. The first-order valence-electron chi connectivity index (χ1n) is 28.0. The quantitative estimate of drug-likeness (QED) is 0.159. The molecule has 3 heterocycles. The molecule has 0 atom stereocenters. The lowest BCUT2D eigenvalue weighted by atomic mass is 9.79. The normalized spacial score (nSPS) is 12.5. The van der Waals surface area contributed by atoms with E-state index in [1.54, 1.807) is 0 Å². The van der Waals surface area contributed by atoms with E-state index in [1.165, 1.54) is 43.8 Å². The van der Waals surface area contributed by atoms with E-state index >= 15 is 0 Å². The van der Waals surface area contributed by atoms with E-state index in [-0.39, 0.29) is 21.7 Å². The van der Waals surface area contributed by atoms with Crippen LogP contribution >= 0.6 is 0 Å². The molecule has 3 aromatic heterocycles. The maximum absolute atomic E-state index is 9.81. The highest BCUT2D eigenvalue weighted by Gasteiger charge is 2.27. The number of hydrogen-bond acceptors (Lipinski definition) is 4. The van der Waals surface area contributed by atoms with Crippen LogP contribution in [0.25, 0.3) is 111 Å². The fraction of sp³-hybridized carbons (Fsp3) is 0.216. The topological polar surface area (TPSA) is 72.3 Å². The maximum atomic E-state index is 9.81. The van der Waals surface area contributed by atoms with Crippen molar-refractivity contribution >= 4 is 43.6 Å². The van der Waals surface area contributed by atoms with Gasteiger partial charge in [-0.3, -0.25) is 0 Å². The predicted octanol–water partition coefficient (Wildman–Crippen LogP) is 19.5. The minimum absolute atomic E-state index is 0.143. The number of aromatic nitrogens is 5. The first-order chi connectivity index (χ1) is 38.1. The first kappa shape index (κ1) is 51.8. The van der Waals surface area contributed by atoms with Crippen LogP contribution in [0.3, 0.4) is 0 Å². The molecule has 0 spiro atoms. The first-order valence-corrected chi connectivity index (χ1v) is 28.0. The Labute approximate surface area is 471 Å². The Balaban J connectivity index is 1.22. The number of para-hydroxylation sites is 4. The Morgan fingerprint density at radius 1 is 0.312 bits per heavy atom. The Hall–Kier alpha value is -8.92. The summed E-state index contributed by atoms with van der Waals surface area (Å²) in [5.74, 6) is 1.81. The summed E-state index contributed by atoms with van der Waals surface area (Å²) in [5, 5.41) is 14.5. The maximum Gasteiger partial charge on any atom is 0.166 e. The van der Waals surface area contributed by atoms with Crippen LogP contribution in [0.15, 0.2) is 194 Å². The Morgan fingerprint density at radius 3 is 1.01 bits per heavy atom. The molecule has 0 fully saturated rings. The summed E-state index contributed by atoms with van der Waals surface area (Å²) in [6.45, 7) is 27.4. The molecule has 80 heavy (non-hydrogen) atoms. The van der Waals surface area contributed by atoms with Gasteiger partial charge in [-0.1, -0.05) is 192 Å². The van der Waals surface area contributed by atoms with Gasteiger partial charge in [0.2, 0.25) is 0 Å². The molecule has 12 rings (SSSR count). The largest absolute Gasteiger partial charge is 0.309 e. The third kappa shape index (κ3) is 9.35. The van der Waals surface area contributed by atoms with E-state index in [2.05, 4.69) is 268 Å². The fourth-order valence-corrected chi connectivity index (χ4v) is 11.3. The van der Waals surface area contributed by atoms with Gasteiger partial charge in [-0.05, 0) is 146 Å². The molecule has 0 radical (unpaired) electrons. The second-order valence-electron chi connectivity index (χ2n) is 25.8. The lowest BCUT2D eigenvalue weighted by Crippen LogP contribution is -2.17. The van der Waals surface area contributed by atoms with Crippen molar-refractivity contribution in [2.45, 2.75) is 105 Å². The highest BCUT2D eigenvalue weighted by Crippen LogP contribution is 2.44. The third-order valence-electron chi connectivity index (χ3n) is 16.0. The van der Waals surface area contributed by atoms with Gasteiger partial charge in [0.15, 0.2) is 17.5 Å². The van der Waals surface area contributed by atoms with Crippen LogP contribution in [0.5, 0.6) is 0 Å². The van der Waals surface area contributed by atoms with Crippen LogP contribution in [-0.4, -0.2) is 24.1 Å². The van der Waals surface area contributed by atoms with Crippen molar-refractivity contribution in [2.24, 2.45) is 0 Å². The molecule has 0 aliphatic carbocycles. The van der Waals surface area contributed by atoms with Crippen LogP contribution < -0.4 is 0 Å². The molecule has 0 unspecified atom stereocenters. The number of hydrogen-bond donors (Lipinski definition) is 0. The molecule has 0 saturated heterocycles. The third-order valence-corrected chi connectivity index (χ3v) is 16.0. The second-order valence-corrected chi connectivity index (χ2v) is 25.8. The van der Waals surface area contributed by atoms with E-state index in [9.17, 15) is 5.26 Å². The van der Waals surface area contributed by atoms with Gasteiger partial charge in [0.05, 0.1) is 45.1 Å². The summed E-state index contributed by atoms with van der Waals surface area (Å²) in [5.41, 5.74) is 18.2. The summed E-state index contributed by atoms with van der Waals surface area (Å²) in [6, 6.07) is 72.5. The molecule has 0 aliphatic rings. The van der Waals surface area contributed by atoms with Gasteiger partial charge in [0.25, 0.3) is 0 Å². The summed E-state index contributed by atoms with van der Waals surface area (Å²) >= 11 is 0. The van der Waals surface area contributed by atoms with Crippen molar-refractivity contribution in [3.8, 4) is 73.9 Å². The Morgan fingerprint density at radius 2 is 0.637 bits per heavy atom. The van der Waals surface area contributed by atoms with Crippen molar-refractivity contribution in [3.63, 3.8) is 0 Å². The fourth-order valence-electron chi connectivity index (χ4n) is 11.3. The van der Waals surface area contributed by atoms with Gasteiger partial charge in [0, 0.05) is 43.8 Å². The summed E-state index contributed by atoms with van der Waals surface area (Å²) in [4.78, 5) is 17.0. The zero-order valence-electron chi connectivity index (χ0n) is 48.2. The van der Waals surface area contributed by atoms with Crippen LogP contribution in [-0.2, 0) is 21.7 Å². The standard InChI is InChI=1S/C74H68N6/c1-71(2,3)52-37-50(38-53(43-52)72(4,5)6)68-76-69(51-39-54(73(7,8)9)44-55(40-51)74(10,11)12)78-70(77-68)61-42-49(34-36-67(61)80-64-27-19-15-23-58(64)59-24-16-20-28-65(59)80)60-41-48(47-31-29-46(45-75)30-32-47)33-35-66(60)79-62-25-17-13-21-56(62)57-22-14-18-26-63(57)79/h13-44H,1-12H3. The SMILES string of the molecule is CC(C)(C)c1cc(-c2nc(-c3cc(C(C)(C)C)cc(C(C)(C)C)c3)nc(-c3cc(-c4cc(-c5ccc(C#N)cc5)ccc4-n4c5ccccc5c5ccccc54)ccc3-n3c4ccccc4c4ccccc43)n2)cc(C(C)(C)C)c1. The minimum Gasteiger partial charge on any atom is -0.309 e. The molecule has 12 aromatic rings. The highest BCUT2D eigenvalue weighted by molar-refractivity contribution is 6.11. The van der Waals surface area contributed by atoms with Gasteiger partial charge in [-0.15, -0.1) is 0 Å². The molecule has 9 aromatic carbocycles. The Kier molecular flexibility index (Phi) is 12.4. The lowest BCUT2D eigenvalue weighted by Gasteiger charge is -2.26. The van der Waals surface area contributed by atoms with Gasteiger partial charge in [-0.2, -0.15) is 5.26 Å². The van der Waals surface area contributed by atoms with Crippen molar-refractivity contribution in [1.29, 1.82) is 5.26 Å². The van der Waals surface area contributed by atoms with Crippen LogP contribution in [0.4, 0.5) is 0 Å². The Bertz CT molecular complexity index is 4190. The average Bonchev–Trinajstić information content (AvgIpc) is 4.00. The average molecular weight is 1040 g/mol. The summed E-state index contributed by atoms with van der Waals surface area (Å²) < 4.78 is 4.80. The van der Waals surface area contributed by atoms with Gasteiger partial charge in [-0.25, -0.2) is 15.0 Å². The smallest absolute Gasteiger partial charge is 0.166 e. The number of nitrogens with zero attached hydrogens (tertiary/aromatic N) is 6. The molecule has 394 valence electrons. The van der Waals surface area contributed by atoms with Crippen molar-refractivity contribution in [3.05, 3.63) is 222 Å². The van der Waals surface area contributed by atoms with E-state index < -0.39 is 0 Å².